The van der Waals surface area contributed by atoms with Gasteiger partial charge < -0.3 is 19.9 Å². The molecule has 0 spiro atoms. The summed E-state index contributed by atoms with van der Waals surface area (Å²) in [7, 11) is 1.61. The van der Waals surface area contributed by atoms with Gasteiger partial charge in [-0.2, -0.15) is 0 Å². The van der Waals surface area contributed by atoms with E-state index in [1.165, 1.54) is 0 Å². The van der Waals surface area contributed by atoms with Gasteiger partial charge in [0.05, 0.1) is 12.8 Å². The molecule has 0 radical (unpaired) electrons. The predicted octanol–water partition coefficient (Wildman–Crippen LogP) is 3.99. The Kier molecular flexibility index (Phi) is 5.99. The molecule has 0 atom stereocenters. The maximum atomic E-state index is 12.7. The van der Waals surface area contributed by atoms with Crippen LogP contribution in [-0.4, -0.2) is 17.7 Å². The van der Waals surface area contributed by atoms with Gasteiger partial charge in [-0.15, -0.1) is 0 Å². The van der Waals surface area contributed by atoms with Crippen molar-refractivity contribution in [1.29, 1.82) is 0 Å². The van der Waals surface area contributed by atoms with Crippen molar-refractivity contribution in [3.8, 4) is 5.75 Å². The number of nitrogens with one attached hydrogen (secondary N) is 2. The molecule has 2 N–H and O–H groups in total. The van der Waals surface area contributed by atoms with Gasteiger partial charge in [0.15, 0.2) is 0 Å². The first-order valence-corrected chi connectivity index (χ1v) is 9.28. The molecule has 0 aliphatic heterocycles. The van der Waals surface area contributed by atoms with E-state index < -0.39 is 0 Å². The second-order valence-corrected chi connectivity index (χ2v) is 7.10. The van der Waals surface area contributed by atoms with Crippen LogP contribution < -0.4 is 20.9 Å². The van der Waals surface area contributed by atoms with Crippen LogP contribution in [0.1, 0.15) is 19.4 Å². The van der Waals surface area contributed by atoms with Crippen molar-refractivity contribution in [1.82, 2.24) is 9.88 Å². The number of aromatic nitrogens is 1. The number of pyridine rings is 1. The van der Waals surface area contributed by atoms with Crippen molar-refractivity contribution in [2.45, 2.75) is 26.9 Å². The molecule has 3 aromatic rings. The number of hydrogen-bond acceptors (Lipinski definition) is 3. The number of ether oxygens (including phenoxy) is 1. The highest BCUT2D eigenvalue weighted by atomic mass is 16.5. The van der Waals surface area contributed by atoms with E-state index in [9.17, 15) is 9.59 Å². The van der Waals surface area contributed by atoms with Crippen LogP contribution in [0.2, 0.25) is 0 Å². The van der Waals surface area contributed by atoms with E-state index in [2.05, 4.69) is 24.5 Å². The molecule has 0 aliphatic carbocycles. The molecule has 0 fully saturated rings. The van der Waals surface area contributed by atoms with E-state index in [0.717, 1.165) is 16.7 Å². The number of urea groups is 1. The van der Waals surface area contributed by atoms with Crippen molar-refractivity contribution in [2.75, 3.05) is 12.4 Å². The van der Waals surface area contributed by atoms with Crippen molar-refractivity contribution < 1.29 is 9.53 Å². The summed E-state index contributed by atoms with van der Waals surface area (Å²) in [4.78, 5) is 25.1. The number of amides is 2. The maximum Gasteiger partial charge on any atom is 0.319 e. The van der Waals surface area contributed by atoms with Gasteiger partial charge in [0.2, 0.25) is 0 Å². The topological polar surface area (TPSA) is 72.4 Å². The molecule has 0 saturated carbocycles. The molecule has 6 nitrogen and oxygen atoms in total. The first kappa shape index (κ1) is 19.5. The molecule has 0 aliphatic rings. The van der Waals surface area contributed by atoms with Gasteiger partial charge in [0, 0.05) is 30.1 Å². The number of carbonyl (C=O) groups is 1. The number of methoxy groups -OCH3 is 1. The van der Waals surface area contributed by atoms with Crippen LogP contribution >= 0.6 is 0 Å². The Morgan fingerprint density at radius 3 is 2.39 bits per heavy atom. The third-order valence-corrected chi connectivity index (χ3v) is 4.42. The molecular formula is C22H25N3O3. The highest BCUT2D eigenvalue weighted by Gasteiger charge is 2.11. The number of benzene rings is 2. The lowest BCUT2D eigenvalue weighted by molar-refractivity contribution is 0.251. The Balaban J connectivity index is 1.79. The second-order valence-electron chi connectivity index (χ2n) is 7.10. The fourth-order valence-corrected chi connectivity index (χ4v) is 3.06. The monoisotopic (exact) mass is 379 g/mol. The van der Waals surface area contributed by atoms with E-state index in [-0.39, 0.29) is 11.6 Å². The first-order chi connectivity index (χ1) is 13.5. The van der Waals surface area contributed by atoms with Crippen LogP contribution in [-0.2, 0) is 13.1 Å². The largest absolute Gasteiger partial charge is 0.497 e. The maximum absolute atomic E-state index is 12.7. The molecule has 28 heavy (non-hydrogen) atoms. The standard InChI is InChI=1S/C22H25N3O3/c1-15(2)13-25-14-20(18-6-4-5-7-19(18)21(25)26)24-22(27)23-12-16-8-10-17(28-3)11-9-16/h4-11,14-15H,12-13H2,1-3H3,(H2,23,24,27). The van der Waals surface area contributed by atoms with Crippen molar-refractivity contribution in [3.63, 3.8) is 0 Å². The number of carbonyl (C=O) groups excluding carboxylic acids is 1. The molecule has 0 saturated heterocycles. The Morgan fingerprint density at radius 1 is 1.07 bits per heavy atom. The Morgan fingerprint density at radius 2 is 1.75 bits per heavy atom. The van der Waals surface area contributed by atoms with E-state index in [1.807, 2.05) is 42.5 Å². The minimum Gasteiger partial charge on any atom is -0.497 e. The fraction of sp³-hybridized carbons (Fsp3) is 0.273. The van der Waals surface area contributed by atoms with Gasteiger partial charge in [-0.05, 0) is 29.7 Å². The molecule has 0 unspecified atom stereocenters. The smallest absolute Gasteiger partial charge is 0.319 e. The Labute approximate surface area is 164 Å². The summed E-state index contributed by atoms with van der Waals surface area (Å²) in [5.74, 6) is 1.09. The average molecular weight is 379 g/mol. The molecule has 2 aromatic carbocycles. The van der Waals surface area contributed by atoms with Crippen LogP contribution in [0.3, 0.4) is 0 Å². The molecule has 6 heteroatoms. The lowest BCUT2D eigenvalue weighted by atomic mass is 10.1. The van der Waals surface area contributed by atoms with Crippen LogP contribution in [0.4, 0.5) is 10.5 Å². The van der Waals surface area contributed by atoms with Gasteiger partial charge in [-0.1, -0.05) is 44.2 Å². The summed E-state index contributed by atoms with van der Waals surface area (Å²) < 4.78 is 6.79. The first-order valence-electron chi connectivity index (χ1n) is 9.28. The summed E-state index contributed by atoms with van der Waals surface area (Å²) >= 11 is 0. The lowest BCUT2D eigenvalue weighted by Gasteiger charge is -2.15. The second kappa shape index (κ2) is 8.61. The fourth-order valence-electron chi connectivity index (χ4n) is 3.06. The molecule has 1 aromatic heterocycles. The minimum atomic E-state index is -0.323. The van der Waals surface area contributed by atoms with E-state index in [1.54, 1.807) is 23.9 Å². The molecule has 0 bridgehead atoms. The van der Waals surface area contributed by atoms with Crippen molar-refractivity contribution in [2.24, 2.45) is 5.92 Å². The van der Waals surface area contributed by atoms with Crippen molar-refractivity contribution in [3.05, 3.63) is 70.6 Å². The summed E-state index contributed by atoms with van der Waals surface area (Å²) in [6, 6.07) is 14.5. The summed E-state index contributed by atoms with van der Waals surface area (Å²) in [5.41, 5.74) is 1.53. The summed E-state index contributed by atoms with van der Waals surface area (Å²) in [6.07, 6.45) is 1.72. The zero-order chi connectivity index (χ0) is 20.1. The number of rotatable bonds is 6. The Hall–Kier alpha value is -3.28. The van der Waals surface area contributed by atoms with Crippen LogP contribution in [0.5, 0.6) is 5.75 Å². The minimum absolute atomic E-state index is 0.0477. The third kappa shape index (κ3) is 4.52. The van der Waals surface area contributed by atoms with E-state index >= 15 is 0 Å². The average Bonchev–Trinajstić information content (AvgIpc) is 2.70. The summed E-state index contributed by atoms with van der Waals surface area (Å²) in [5, 5.41) is 7.05. The number of hydrogen-bond donors (Lipinski definition) is 2. The van der Waals surface area contributed by atoms with Crippen LogP contribution in [0.15, 0.2) is 59.5 Å². The van der Waals surface area contributed by atoms with Crippen molar-refractivity contribution >= 4 is 22.5 Å². The quantitative estimate of drug-likeness (QED) is 0.680. The molecular weight excluding hydrogens is 354 g/mol. The SMILES string of the molecule is COc1ccc(CNC(=O)Nc2cn(CC(C)C)c(=O)c3ccccc23)cc1. The van der Waals surface area contributed by atoms with E-state index in [4.69, 9.17) is 4.74 Å². The number of anilines is 1. The lowest BCUT2D eigenvalue weighted by Crippen LogP contribution is -2.30. The number of fused-ring (bicyclic) bond motifs is 1. The van der Waals surface area contributed by atoms with Gasteiger partial charge in [-0.3, -0.25) is 4.79 Å². The zero-order valence-electron chi connectivity index (χ0n) is 16.4. The zero-order valence-corrected chi connectivity index (χ0v) is 16.4. The van der Waals surface area contributed by atoms with Gasteiger partial charge >= 0.3 is 6.03 Å². The predicted molar refractivity (Wildman–Crippen MR) is 112 cm³/mol. The molecule has 2 amide bonds. The highest BCUT2D eigenvalue weighted by molar-refractivity contribution is 6.00. The summed E-state index contributed by atoms with van der Waals surface area (Å²) in [6.45, 7) is 5.08. The normalized spacial score (nSPS) is 10.9. The highest BCUT2D eigenvalue weighted by Crippen LogP contribution is 2.21. The Bertz CT molecular complexity index is 1020. The number of nitrogens with zero attached hydrogens (tertiary/aromatic N) is 1. The molecule has 3 rings (SSSR count). The van der Waals surface area contributed by atoms with Gasteiger partial charge in [0.25, 0.3) is 5.56 Å². The van der Waals surface area contributed by atoms with Crippen LogP contribution in [0.25, 0.3) is 10.8 Å². The third-order valence-electron chi connectivity index (χ3n) is 4.42. The van der Waals surface area contributed by atoms with Gasteiger partial charge in [-0.25, -0.2) is 4.79 Å². The van der Waals surface area contributed by atoms with Gasteiger partial charge in [0.1, 0.15) is 5.75 Å². The van der Waals surface area contributed by atoms with Crippen LogP contribution in [0, 0.1) is 5.92 Å². The van der Waals surface area contributed by atoms with E-state index in [0.29, 0.717) is 30.1 Å². The molecule has 146 valence electrons. The molecule has 1 heterocycles.